The first kappa shape index (κ1) is 11.2. The van der Waals surface area contributed by atoms with Crippen molar-refractivity contribution >= 4 is 5.82 Å². The van der Waals surface area contributed by atoms with E-state index in [1.807, 2.05) is 20.2 Å². The van der Waals surface area contributed by atoms with Gasteiger partial charge in [-0.1, -0.05) is 0 Å². The van der Waals surface area contributed by atoms with Crippen molar-refractivity contribution < 1.29 is 0 Å². The van der Waals surface area contributed by atoms with E-state index in [1.165, 1.54) is 12.8 Å². The molecule has 0 atom stereocenters. The normalized spacial score (nSPS) is 14.6. The lowest BCUT2D eigenvalue weighted by Crippen LogP contribution is -2.11. The van der Waals surface area contributed by atoms with E-state index in [0.717, 1.165) is 35.4 Å². The number of nitrogens with zero attached hydrogens (tertiary/aromatic N) is 4. The Hall–Kier alpha value is -1.91. The number of nitrogens with two attached hydrogens (primary N) is 1. The third-order valence-electron chi connectivity index (χ3n) is 3.47. The van der Waals surface area contributed by atoms with E-state index in [2.05, 4.69) is 15.1 Å². The van der Waals surface area contributed by atoms with Gasteiger partial charge in [-0.05, 0) is 32.6 Å². The fraction of sp³-hybridized carbons (Fsp3) is 0.462. The van der Waals surface area contributed by atoms with E-state index < -0.39 is 0 Å². The van der Waals surface area contributed by atoms with Gasteiger partial charge in [0.1, 0.15) is 5.82 Å². The van der Waals surface area contributed by atoms with Crippen LogP contribution in [0.15, 0.2) is 6.20 Å². The Morgan fingerprint density at radius 1 is 1.22 bits per heavy atom. The van der Waals surface area contributed by atoms with Gasteiger partial charge in [-0.2, -0.15) is 5.10 Å². The van der Waals surface area contributed by atoms with E-state index in [9.17, 15) is 0 Å². The number of aromatic nitrogens is 4. The van der Waals surface area contributed by atoms with Crippen LogP contribution in [0.4, 0.5) is 5.82 Å². The quantitative estimate of drug-likeness (QED) is 0.826. The third kappa shape index (κ3) is 1.75. The minimum atomic E-state index is 0.637. The molecule has 2 N–H and O–H groups in total. The van der Waals surface area contributed by atoms with Crippen LogP contribution in [0.5, 0.6) is 0 Å². The lowest BCUT2D eigenvalue weighted by Gasteiger charge is -2.16. The summed E-state index contributed by atoms with van der Waals surface area (Å²) < 4.78 is 1.78. The van der Waals surface area contributed by atoms with Gasteiger partial charge in [0.15, 0.2) is 5.82 Å². The Bertz CT molecular complexity index is 600. The van der Waals surface area contributed by atoms with Gasteiger partial charge in [-0.3, -0.25) is 4.68 Å². The molecule has 0 radical (unpaired) electrons. The Morgan fingerprint density at radius 3 is 2.72 bits per heavy atom. The number of hydrogen-bond acceptors (Lipinski definition) is 4. The molecule has 94 valence electrons. The summed E-state index contributed by atoms with van der Waals surface area (Å²) in [5, 5.41) is 4.33. The van der Waals surface area contributed by atoms with Crippen LogP contribution in [0, 0.1) is 6.92 Å². The molecule has 2 aromatic heterocycles. The molecule has 1 aliphatic carbocycles. The minimum absolute atomic E-state index is 0.637. The lowest BCUT2D eigenvalue weighted by atomic mass is 9.96. The number of hydrogen-bond donors (Lipinski definition) is 1. The molecule has 18 heavy (non-hydrogen) atoms. The third-order valence-corrected chi connectivity index (χ3v) is 3.47. The van der Waals surface area contributed by atoms with Crippen LogP contribution in [0.3, 0.4) is 0 Å². The van der Waals surface area contributed by atoms with Crippen LogP contribution in [0.1, 0.15) is 29.8 Å². The summed E-state index contributed by atoms with van der Waals surface area (Å²) in [6.45, 7) is 1.97. The molecule has 0 spiro atoms. The van der Waals surface area contributed by atoms with Crippen molar-refractivity contribution in [2.24, 2.45) is 7.05 Å². The Balaban J connectivity index is 2.13. The molecule has 5 heteroatoms. The summed E-state index contributed by atoms with van der Waals surface area (Å²) in [5.74, 6) is 1.34. The molecule has 0 bridgehead atoms. The highest BCUT2D eigenvalue weighted by atomic mass is 15.3. The zero-order valence-corrected chi connectivity index (χ0v) is 10.8. The number of fused-ring (bicyclic) bond motifs is 1. The first-order valence-electron chi connectivity index (χ1n) is 6.31. The van der Waals surface area contributed by atoms with Crippen molar-refractivity contribution in [1.29, 1.82) is 0 Å². The van der Waals surface area contributed by atoms with E-state index in [0.29, 0.717) is 11.6 Å². The monoisotopic (exact) mass is 243 g/mol. The predicted octanol–water partition coefficient (Wildman–Crippen LogP) is 1.65. The fourth-order valence-corrected chi connectivity index (χ4v) is 2.56. The maximum atomic E-state index is 6.06. The molecule has 0 aliphatic heterocycles. The van der Waals surface area contributed by atoms with E-state index in [-0.39, 0.29) is 0 Å². The number of anilines is 1. The number of nitrogen functional groups attached to an aromatic ring is 1. The molecule has 0 saturated heterocycles. The second-order valence-electron chi connectivity index (χ2n) is 4.87. The van der Waals surface area contributed by atoms with Crippen LogP contribution in [-0.2, 0) is 19.9 Å². The van der Waals surface area contributed by atoms with Crippen LogP contribution in [0.25, 0.3) is 11.4 Å². The van der Waals surface area contributed by atoms with Gasteiger partial charge in [0.2, 0.25) is 0 Å². The first-order valence-corrected chi connectivity index (χ1v) is 6.31. The maximum Gasteiger partial charge on any atom is 0.165 e. The van der Waals surface area contributed by atoms with Crippen LogP contribution < -0.4 is 5.73 Å². The van der Waals surface area contributed by atoms with Crippen molar-refractivity contribution in [2.75, 3.05) is 5.73 Å². The van der Waals surface area contributed by atoms with Gasteiger partial charge in [-0.25, -0.2) is 9.97 Å². The van der Waals surface area contributed by atoms with Crippen molar-refractivity contribution in [3.8, 4) is 11.4 Å². The molecule has 1 aliphatic rings. The highest BCUT2D eigenvalue weighted by Gasteiger charge is 2.18. The average molecular weight is 243 g/mol. The van der Waals surface area contributed by atoms with Crippen LogP contribution in [0.2, 0.25) is 0 Å². The van der Waals surface area contributed by atoms with Crippen molar-refractivity contribution in [3.63, 3.8) is 0 Å². The summed E-state index contributed by atoms with van der Waals surface area (Å²) in [7, 11) is 1.90. The highest BCUT2D eigenvalue weighted by Crippen LogP contribution is 2.27. The molecule has 2 heterocycles. The topological polar surface area (TPSA) is 69.6 Å². The smallest absolute Gasteiger partial charge is 0.165 e. The summed E-state index contributed by atoms with van der Waals surface area (Å²) >= 11 is 0. The standard InChI is InChI=1S/C13H17N5/c1-8-10(7-18(2)17-8)13-15-11-6-4-3-5-9(11)12(14)16-13/h7H,3-6H2,1-2H3,(H2,14,15,16). The zero-order valence-electron chi connectivity index (χ0n) is 10.8. The maximum absolute atomic E-state index is 6.06. The van der Waals surface area contributed by atoms with E-state index in [1.54, 1.807) is 4.68 Å². The number of rotatable bonds is 1. The molecule has 3 rings (SSSR count). The number of aryl methyl sites for hydroxylation is 3. The van der Waals surface area contributed by atoms with Crippen molar-refractivity contribution in [1.82, 2.24) is 19.7 Å². The largest absolute Gasteiger partial charge is 0.383 e. The molecular formula is C13H17N5. The summed E-state index contributed by atoms with van der Waals surface area (Å²) in [5.41, 5.74) is 10.2. The average Bonchev–Trinajstić information content (AvgIpc) is 2.68. The molecule has 0 aromatic carbocycles. The van der Waals surface area contributed by atoms with Gasteiger partial charge in [0, 0.05) is 24.5 Å². The molecule has 5 nitrogen and oxygen atoms in total. The fourth-order valence-electron chi connectivity index (χ4n) is 2.56. The van der Waals surface area contributed by atoms with Gasteiger partial charge in [-0.15, -0.1) is 0 Å². The summed E-state index contributed by atoms with van der Waals surface area (Å²) in [4.78, 5) is 9.12. The second-order valence-corrected chi connectivity index (χ2v) is 4.87. The van der Waals surface area contributed by atoms with Crippen LogP contribution >= 0.6 is 0 Å². The van der Waals surface area contributed by atoms with Crippen molar-refractivity contribution in [2.45, 2.75) is 32.6 Å². The van der Waals surface area contributed by atoms with Gasteiger partial charge in [0.25, 0.3) is 0 Å². The van der Waals surface area contributed by atoms with Gasteiger partial charge in [0.05, 0.1) is 11.3 Å². The Morgan fingerprint density at radius 2 is 2.00 bits per heavy atom. The molecule has 2 aromatic rings. The van der Waals surface area contributed by atoms with E-state index >= 15 is 0 Å². The van der Waals surface area contributed by atoms with Gasteiger partial charge >= 0.3 is 0 Å². The SMILES string of the molecule is Cc1nn(C)cc1-c1nc(N)c2c(n1)CCCC2. The lowest BCUT2D eigenvalue weighted by molar-refractivity contribution is 0.666. The summed E-state index contributed by atoms with van der Waals surface area (Å²) in [6.07, 6.45) is 6.34. The Kier molecular flexibility index (Phi) is 2.54. The van der Waals surface area contributed by atoms with Crippen molar-refractivity contribution in [3.05, 3.63) is 23.1 Å². The van der Waals surface area contributed by atoms with Crippen LogP contribution in [-0.4, -0.2) is 19.7 Å². The molecule has 0 saturated carbocycles. The molecule has 0 fully saturated rings. The Labute approximate surface area is 106 Å². The molecular weight excluding hydrogens is 226 g/mol. The van der Waals surface area contributed by atoms with E-state index in [4.69, 9.17) is 5.73 Å². The predicted molar refractivity (Wildman–Crippen MR) is 70.0 cm³/mol. The van der Waals surface area contributed by atoms with Gasteiger partial charge < -0.3 is 5.73 Å². The summed E-state index contributed by atoms with van der Waals surface area (Å²) in [6, 6.07) is 0. The first-order chi connectivity index (χ1) is 8.65. The highest BCUT2D eigenvalue weighted by molar-refractivity contribution is 5.60. The minimum Gasteiger partial charge on any atom is -0.383 e. The second kappa shape index (κ2) is 4.08. The molecule has 0 unspecified atom stereocenters. The zero-order chi connectivity index (χ0) is 12.7. The molecule has 0 amide bonds.